The molecule has 0 saturated carbocycles. The summed E-state index contributed by atoms with van der Waals surface area (Å²) >= 11 is 0. The number of carboxylic acids is 1. The second-order valence-electron chi connectivity index (χ2n) is 8.32. The van der Waals surface area contributed by atoms with E-state index in [1.807, 2.05) is 61.5 Å². The molecule has 0 heterocycles. The van der Waals surface area contributed by atoms with Gasteiger partial charge in [-0.3, -0.25) is 19.5 Å². The van der Waals surface area contributed by atoms with Gasteiger partial charge in [0.05, 0.1) is 12.5 Å². The molecule has 0 spiro atoms. The number of hydrogen-bond acceptors (Lipinski definition) is 4. The van der Waals surface area contributed by atoms with Gasteiger partial charge in [0.1, 0.15) is 5.78 Å². The molecule has 0 aliphatic rings. The van der Waals surface area contributed by atoms with E-state index in [9.17, 15) is 23.9 Å². The summed E-state index contributed by atoms with van der Waals surface area (Å²) in [4.78, 5) is 43.9. The Kier molecular flexibility index (Phi) is 8.95. The third kappa shape index (κ3) is 7.87. The molecule has 0 aliphatic heterocycles. The van der Waals surface area contributed by atoms with E-state index in [1.165, 1.54) is 0 Å². The lowest BCUT2D eigenvalue weighted by molar-refractivity contribution is -0.137. The highest BCUT2D eigenvalue weighted by molar-refractivity contribution is 7.52. The molecule has 2 atom stereocenters. The molecule has 3 aromatic rings. The zero-order valence-electron chi connectivity index (χ0n) is 19.3. The largest absolute Gasteiger partial charge is 0.481 e. The molecule has 1 amide bonds. The van der Waals surface area contributed by atoms with Crippen molar-refractivity contribution in [1.29, 1.82) is 0 Å². The van der Waals surface area contributed by atoms with Crippen molar-refractivity contribution in [3.63, 3.8) is 0 Å². The summed E-state index contributed by atoms with van der Waals surface area (Å²) in [6.07, 6.45) is -0.111. The minimum Gasteiger partial charge on any atom is -0.481 e. The smallest absolute Gasteiger partial charge is 0.346 e. The molecule has 0 fully saturated rings. The predicted molar refractivity (Wildman–Crippen MR) is 134 cm³/mol. The summed E-state index contributed by atoms with van der Waals surface area (Å²) in [5.41, 5.74) is 4.11. The molecule has 0 aromatic heterocycles. The topological polar surface area (TPSA) is 136 Å². The number of rotatable bonds is 11. The first-order valence-corrected chi connectivity index (χ1v) is 12.8. The highest BCUT2D eigenvalue weighted by atomic mass is 31.2. The summed E-state index contributed by atoms with van der Waals surface area (Å²) in [5, 5.41) is 14.3. The maximum absolute atomic E-state index is 12.9. The number of hydrogen-bond donors (Lipinski definition) is 5. The highest BCUT2D eigenvalue weighted by Crippen LogP contribution is 2.50. The van der Waals surface area contributed by atoms with Crippen LogP contribution in [0.4, 0.5) is 0 Å². The summed E-state index contributed by atoms with van der Waals surface area (Å²) in [6.45, 7) is 1.77. The van der Waals surface area contributed by atoms with Crippen LogP contribution in [0, 0.1) is 6.92 Å². The van der Waals surface area contributed by atoms with Crippen molar-refractivity contribution in [1.82, 2.24) is 10.6 Å². The van der Waals surface area contributed by atoms with Crippen molar-refractivity contribution in [3.8, 4) is 11.1 Å². The summed E-state index contributed by atoms with van der Waals surface area (Å²) in [5.74, 6) is -3.00. The van der Waals surface area contributed by atoms with E-state index >= 15 is 0 Å². The van der Waals surface area contributed by atoms with Gasteiger partial charge in [0, 0.05) is 6.54 Å². The lowest BCUT2D eigenvalue weighted by Gasteiger charge is -2.26. The van der Waals surface area contributed by atoms with Gasteiger partial charge in [0.25, 0.3) is 0 Å². The van der Waals surface area contributed by atoms with Gasteiger partial charge in [-0.05, 0) is 35.6 Å². The number of aryl methyl sites for hydroxylation is 1. The molecule has 35 heavy (non-hydrogen) atoms. The number of carboxylic acid groups (broad SMARTS) is 1. The second-order valence-corrected chi connectivity index (χ2v) is 10.0. The van der Waals surface area contributed by atoms with Crippen LogP contribution >= 0.6 is 7.60 Å². The maximum Gasteiger partial charge on any atom is 0.346 e. The molecular weight excluding hydrogens is 467 g/mol. The van der Waals surface area contributed by atoms with Crippen molar-refractivity contribution >= 4 is 19.5 Å². The average molecular weight is 497 g/mol. The van der Waals surface area contributed by atoms with Gasteiger partial charge in [-0.2, -0.15) is 0 Å². The van der Waals surface area contributed by atoms with E-state index in [4.69, 9.17) is 5.11 Å². The van der Waals surface area contributed by atoms with Gasteiger partial charge in [0.2, 0.25) is 5.91 Å². The van der Waals surface area contributed by atoms with E-state index in [-0.39, 0.29) is 19.4 Å². The predicted octanol–water partition coefficient (Wildman–Crippen LogP) is 3.63. The first-order chi connectivity index (χ1) is 16.6. The quantitative estimate of drug-likeness (QED) is 0.256. The van der Waals surface area contributed by atoms with E-state index in [0.717, 1.165) is 22.3 Å². The van der Waals surface area contributed by atoms with Crippen molar-refractivity contribution in [3.05, 3.63) is 95.6 Å². The van der Waals surface area contributed by atoms with Crippen LogP contribution in [0.25, 0.3) is 11.1 Å². The van der Waals surface area contributed by atoms with Gasteiger partial charge in [-0.15, -0.1) is 0 Å². The number of amides is 1. The Morgan fingerprint density at radius 3 is 2.06 bits per heavy atom. The van der Waals surface area contributed by atoms with Crippen LogP contribution in [-0.4, -0.2) is 39.4 Å². The third-order valence-electron chi connectivity index (χ3n) is 5.54. The molecule has 0 radical (unpaired) electrons. The molecule has 0 bridgehead atoms. The van der Waals surface area contributed by atoms with Crippen LogP contribution in [0.5, 0.6) is 0 Å². The van der Waals surface area contributed by atoms with Crippen LogP contribution in [0.2, 0.25) is 0 Å². The summed E-state index contributed by atoms with van der Waals surface area (Å²) in [6, 6.07) is 23.1. The minimum atomic E-state index is -4.69. The zero-order chi connectivity index (χ0) is 25.4. The Labute approximate surface area is 204 Å². The van der Waals surface area contributed by atoms with Gasteiger partial charge < -0.3 is 20.2 Å². The minimum absolute atomic E-state index is 0.0929. The summed E-state index contributed by atoms with van der Waals surface area (Å²) in [7, 11) is -4.69. The first-order valence-electron chi connectivity index (χ1n) is 11.1. The SMILES string of the molecule is Cc1ccc(C(NC(Cc2ccc(-c3ccccc3)cc2)C(=O)NCCC(=O)O)P(=O)(O)O)cc1. The molecule has 3 rings (SSSR count). The zero-order valence-corrected chi connectivity index (χ0v) is 20.2. The maximum atomic E-state index is 12.9. The molecule has 3 aromatic carbocycles. The van der Waals surface area contributed by atoms with Crippen molar-refractivity contribution < 1.29 is 29.0 Å². The van der Waals surface area contributed by atoms with Crippen LogP contribution in [0.3, 0.4) is 0 Å². The average Bonchev–Trinajstić information content (AvgIpc) is 2.82. The standard InChI is InChI=1S/C26H29N2O6P/c1-18-7-11-22(12-8-18)26(35(32,33)34)28-23(25(31)27-16-15-24(29)30)17-19-9-13-21(14-10-19)20-5-3-2-4-6-20/h2-14,23,26,28H,15-17H2,1H3,(H,27,31)(H,29,30)(H2,32,33,34). The Morgan fingerprint density at radius 2 is 1.49 bits per heavy atom. The Hall–Kier alpha value is -3.29. The third-order valence-corrected chi connectivity index (χ3v) is 6.66. The molecule has 0 saturated heterocycles. The summed E-state index contributed by atoms with van der Waals surface area (Å²) < 4.78 is 12.4. The monoisotopic (exact) mass is 496 g/mol. The van der Waals surface area contributed by atoms with Crippen molar-refractivity contribution in [2.24, 2.45) is 0 Å². The van der Waals surface area contributed by atoms with E-state index in [0.29, 0.717) is 5.56 Å². The van der Waals surface area contributed by atoms with Crippen molar-refractivity contribution in [2.75, 3.05) is 6.54 Å². The Bertz CT molecular complexity index is 1180. The molecule has 9 heteroatoms. The number of aliphatic carboxylic acids is 1. The fourth-order valence-electron chi connectivity index (χ4n) is 3.67. The van der Waals surface area contributed by atoms with Gasteiger partial charge >= 0.3 is 13.6 Å². The van der Waals surface area contributed by atoms with Crippen molar-refractivity contribution in [2.45, 2.75) is 31.6 Å². The molecule has 184 valence electrons. The molecule has 8 nitrogen and oxygen atoms in total. The lowest BCUT2D eigenvalue weighted by Crippen LogP contribution is -2.47. The molecule has 5 N–H and O–H groups in total. The highest BCUT2D eigenvalue weighted by Gasteiger charge is 2.34. The van der Waals surface area contributed by atoms with E-state index in [1.54, 1.807) is 24.3 Å². The van der Waals surface area contributed by atoms with Gasteiger partial charge in [0.15, 0.2) is 0 Å². The fourth-order valence-corrected chi connectivity index (χ4v) is 4.60. The Balaban J connectivity index is 1.85. The van der Waals surface area contributed by atoms with Gasteiger partial charge in [-0.1, -0.05) is 84.4 Å². The van der Waals surface area contributed by atoms with Crippen LogP contribution in [0.15, 0.2) is 78.9 Å². The number of nitrogens with one attached hydrogen (secondary N) is 2. The molecule has 2 unspecified atom stereocenters. The lowest BCUT2D eigenvalue weighted by atomic mass is 10.00. The van der Waals surface area contributed by atoms with E-state index in [2.05, 4.69) is 10.6 Å². The van der Waals surface area contributed by atoms with Crippen LogP contribution in [0.1, 0.15) is 28.9 Å². The Morgan fingerprint density at radius 1 is 0.886 bits per heavy atom. The molecule has 0 aliphatic carbocycles. The number of benzene rings is 3. The molecular formula is C26H29N2O6P. The van der Waals surface area contributed by atoms with E-state index < -0.39 is 31.3 Å². The van der Waals surface area contributed by atoms with Crippen LogP contribution in [-0.2, 0) is 20.6 Å². The normalized spacial score (nSPS) is 13.1. The fraction of sp³-hybridized carbons (Fsp3) is 0.231. The number of carbonyl (C=O) groups excluding carboxylic acids is 1. The van der Waals surface area contributed by atoms with Gasteiger partial charge in [-0.25, -0.2) is 0 Å². The second kappa shape index (κ2) is 11.9. The van der Waals surface area contributed by atoms with Crippen LogP contribution < -0.4 is 10.6 Å². The number of carbonyl (C=O) groups is 2. The first kappa shape index (κ1) is 26.3.